The number of hydrogen-bond donors (Lipinski definition) is 2. The largest absolute Gasteiger partial charge is 0.491 e. The van der Waals surface area contributed by atoms with Gasteiger partial charge in [0.25, 0.3) is 0 Å². The maximum atomic E-state index is 10.1. The van der Waals surface area contributed by atoms with Crippen LogP contribution in [-0.2, 0) is 0 Å². The predicted molar refractivity (Wildman–Crippen MR) is 99.8 cm³/mol. The van der Waals surface area contributed by atoms with Crippen LogP contribution in [0, 0.1) is 0 Å². The van der Waals surface area contributed by atoms with Gasteiger partial charge in [-0.05, 0) is 29.0 Å². The molecule has 2 aromatic rings. The first-order chi connectivity index (χ1) is 11.6. The first-order valence-corrected chi connectivity index (χ1v) is 8.73. The number of aliphatic hydroxyl groups excluding tert-OH is 1. The molecule has 3 nitrogen and oxygen atoms in total. The lowest BCUT2D eigenvalue weighted by Crippen LogP contribution is -2.33. The summed E-state index contributed by atoms with van der Waals surface area (Å²) >= 11 is 0. The molecule has 2 aromatic carbocycles. The monoisotopic (exact) mass is 327 g/mol. The zero-order chi connectivity index (χ0) is 17.4. The van der Waals surface area contributed by atoms with Gasteiger partial charge in [0.1, 0.15) is 18.5 Å². The van der Waals surface area contributed by atoms with E-state index < -0.39 is 6.10 Å². The van der Waals surface area contributed by atoms with Crippen molar-refractivity contribution in [1.29, 1.82) is 0 Å². The Balaban J connectivity index is 1.73. The van der Waals surface area contributed by atoms with Crippen molar-refractivity contribution in [3.05, 3.63) is 65.7 Å². The summed E-state index contributed by atoms with van der Waals surface area (Å²) in [5, 5.41) is 13.5. The number of aliphatic hydroxyl groups is 1. The van der Waals surface area contributed by atoms with Crippen LogP contribution in [0.4, 0.5) is 0 Å². The van der Waals surface area contributed by atoms with E-state index in [1.54, 1.807) is 0 Å². The molecule has 0 bridgehead atoms. The molecule has 0 aromatic heterocycles. The summed E-state index contributed by atoms with van der Waals surface area (Å²) in [6, 6.07) is 18.4. The minimum atomic E-state index is -0.520. The van der Waals surface area contributed by atoms with E-state index in [1.807, 2.05) is 24.3 Å². The van der Waals surface area contributed by atoms with E-state index >= 15 is 0 Å². The van der Waals surface area contributed by atoms with Crippen LogP contribution in [0.15, 0.2) is 54.6 Å². The Morgan fingerprint density at radius 3 is 2.29 bits per heavy atom. The van der Waals surface area contributed by atoms with Crippen molar-refractivity contribution in [2.75, 3.05) is 19.7 Å². The number of para-hydroxylation sites is 1. The van der Waals surface area contributed by atoms with Crippen molar-refractivity contribution in [3.63, 3.8) is 0 Å². The second-order valence-electron chi connectivity index (χ2n) is 6.63. The van der Waals surface area contributed by atoms with Gasteiger partial charge in [0.15, 0.2) is 0 Å². The van der Waals surface area contributed by atoms with E-state index in [9.17, 15) is 5.11 Å². The van der Waals surface area contributed by atoms with Crippen LogP contribution in [0.25, 0.3) is 0 Å². The topological polar surface area (TPSA) is 41.5 Å². The molecule has 0 radical (unpaired) electrons. The van der Waals surface area contributed by atoms with Crippen LogP contribution in [0.5, 0.6) is 5.75 Å². The molecule has 130 valence electrons. The minimum Gasteiger partial charge on any atom is -0.491 e. The van der Waals surface area contributed by atoms with Gasteiger partial charge in [-0.2, -0.15) is 0 Å². The summed E-state index contributed by atoms with van der Waals surface area (Å²) < 4.78 is 5.81. The zero-order valence-corrected chi connectivity index (χ0v) is 14.9. The van der Waals surface area contributed by atoms with Crippen molar-refractivity contribution < 1.29 is 9.84 Å². The average Bonchev–Trinajstić information content (AvgIpc) is 2.60. The average molecular weight is 327 g/mol. The summed E-state index contributed by atoms with van der Waals surface area (Å²) in [6.07, 6.45) is -0.520. The molecule has 2 rings (SSSR count). The van der Waals surface area contributed by atoms with Crippen molar-refractivity contribution >= 4 is 0 Å². The number of ether oxygens (including phenoxy) is 1. The molecule has 0 heterocycles. The molecule has 24 heavy (non-hydrogen) atoms. The third-order valence-corrected chi connectivity index (χ3v) is 4.17. The van der Waals surface area contributed by atoms with Crippen LogP contribution in [-0.4, -0.2) is 30.9 Å². The minimum absolute atomic E-state index is 0.302. The Labute approximate surface area is 145 Å². The van der Waals surface area contributed by atoms with Crippen LogP contribution in [0.3, 0.4) is 0 Å². The van der Waals surface area contributed by atoms with Gasteiger partial charge in [0, 0.05) is 13.1 Å². The molecule has 0 fully saturated rings. The highest BCUT2D eigenvalue weighted by atomic mass is 16.5. The molecule has 0 saturated heterocycles. The quantitative estimate of drug-likeness (QED) is 0.733. The molecular formula is C21H29NO2. The molecule has 0 saturated carbocycles. The molecule has 0 aliphatic carbocycles. The van der Waals surface area contributed by atoms with Gasteiger partial charge in [0.2, 0.25) is 0 Å². The van der Waals surface area contributed by atoms with Crippen molar-refractivity contribution in [2.45, 2.75) is 38.7 Å². The maximum Gasteiger partial charge on any atom is 0.122 e. The van der Waals surface area contributed by atoms with Crippen LogP contribution >= 0.6 is 0 Å². The summed E-state index contributed by atoms with van der Waals surface area (Å²) in [5.41, 5.74) is 2.48. The highest BCUT2D eigenvalue weighted by Crippen LogP contribution is 2.25. The van der Waals surface area contributed by atoms with Crippen molar-refractivity contribution in [3.8, 4) is 5.75 Å². The van der Waals surface area contributed by atoms with Crippen LogP contribution in [0.2, 0.25) is 0 Å². The summed E-state index contributed by atoms with van der Waals surface area (Å²) in [6.45, 7) is 8.14. The smallest absolute Gasteiger partial charge is 0.122 e. The molecule has 2 N–H and O–H groups in total. The van der Waals surface area contributed by atoms with Crippen molar-refractivity contribution in [1.82, 2.24) is 5.32 Å². The van der Waals surface area contributed by atoms with E-state index in [2.05, 4.69) is 56.4 Å². The molecule has 2 atom stereocenters. The molecule has 0 amide bonds. The fraction of sp³-hybridized carbons (Fsp3) is 0.429. The zero-order valence-electron chi connectivity index (χ0n) is 14.9. The Morgan fingerprint density at radius 2 is 1.58 bits per heavy atom. The highest BCUT2D eigenvalue weighted by Gasteiger charge is 2.11. The van der Waals surface area contributed by atoms with Gasteiger partial charge in [-0.15, -0.1) is 0 Å². The maximum absolute atomic E-state index is 10.1. The van der Waals surface area contributed by atoms with E-state index in [0.717, 1.165) is 12.3 Å². The summed E-state index contributed by atoms with van der Waals surface area (Å²) in [7, 11) is 0. The first-order valence-electron chi connectivity index (χ1n) is 8.73. The lowest BCUT2D eigenvalue weighted by Gasteiger charge is -2.18. The van der Waals surface area contributed by atoms with E-state index in [0.29, 0.717) is 25.0 Å². The standard InChI is InChI=1S/C21H29NO2/c1-16(2)20-11-7-8-12-21(20)24-15-19(23)14-22-13-17(3)18-9-5-4-6-10-18/h4-12,16-17,19,22-23H,13-15H2,1-3H3. The van der Waals surface area contributed by atoms with E-state index in [-0.39, 0.29) is 0 Å². The fourth-order valence-electron chi connectivity index (χ4n) is 2.70. The Kier molecular flexibility index (Phi) is 7.29. The van der Waals surface area contributed by atoms with Gasteiger partial charge >= 0.3 is 0 Å². The number of benzene rings is 2. The number of hydrogen-bond acceptors (Lipinski definition) is 3. The molecule has 0 spiro atoms. The molecule has 2 unspecified atom stereocenters. The van der Waals surface area contributed by atoms with E-state index in [1.165, 1.54) is 11.1 Å². The second-order valence-corrected chi connectivity index (χ2v) is 6.63. The van der Waals surface area contributed by atoms with Gasteiger partial charge < -0.3 is 15.2 Å². The van der Waals surface area contributed by atoms with Gasteiger partial charge in [-0.25, -0.2) is 0 Å². The van der Waals surface area contributed by atoms with Crippen LogP contribution in [0.1, 0.15) is 43.7 Å². The Morgan fingerprint density at radius 1 is 0.917 bits per heavy atom. The normalized spacial score (nSPS) is 13.7. The SMILES string of the molecule is CC(C)c1ccccc1OCC(O)CNCC(C)c1ccccc1. The summed E-state index contributed by atoms with van der Waals surface area (Å²) in [5.74, 6) is 1.69. The van der Waals surface area contributed by atoms with Crippen molar-refractivity contribution in [2.24, 2.45) is 0 Å². The fourth-order valence-corrected chi connectivity index (χ4v) is 2.70. The third kappa shape index (κ3) is 5.66. The molecule has 0 aliphatic heterocycles. The van der Waals surface area contributed by atoms with Gasteiger partial charge in [-0.3, -0.25) is 0 Å². The summed E-state index contributed by atoms with van der Waals surface area (Å²) in [4.78, 5) is 0. The predicted octanol–water partition coefficient (Wildman–Crippen LogP) is 3.94. The van der Waals surface area contributed by atoms with Gasteiger partial charge in [-0.1, -0.05) is 69.3 Å². The lowest BCUT2D eigenvalue weighted by atomic mass is 10.0. The van der Waals surface area contributed by atoms with Crippen LogP contribution < -0.4 is 10.1 Å². The van der Waals surface area contributed by atoms with Gasteiger partial charge in [0.05, 0.1) is 0 Å². The third-order valence-electron chi connectivity index (χ3n) is 4.17. The molecular weight excluding hydrogens is 298 g/mol. The molecule has 3 heteroatoms. The Bertz CT molecular complexity index is 598. The highest BCUT2D eigenvalue weighted by molar-refractivity contribution is 5.35. The first kappa shape index (κ1) is 18.5. The lowest BCUT2D eigenvalue weighted by molar-refractivity contribution is 0.105. The number of rotatable bonds is 9. The van der Waals surface area contributed by atoms with E-state index in [4.69, 9.17) is 4.74 Å². The number of nitrogens with one attached hydrogen (secondary N) is 1. The molecule has 0 aliphatic rings. The second kappa shape index (κ2) is 9.45. The Hall–Kier alpha value is -1.84.